The van der Waals surface area contributed by atoms with Crippen LogP contribution >= 0.6 is 15.9 Å². The fraction of sp³-hybridized carbons (Fsp3) is 0.143. The summed E-state index contributed by atoms with van der Waals surface area (Å²) in [5.41, 5.74) is 1.80. The lowest BCUT2D eigenvalue weighted by molar-refractivity contribution is 0.0732. The predicted octanol–water partition coefficient (Wildman–Crippen LogP) is 4.20. The molecule has 3 aromatic rings. The quantitative estimate of drug-likeness (QED) is 0.419. The number of para-hydroxylation sites is 1. The number of ether oxygens (including phenoxy) is 1. The number of aromatic nitrogens is 1. The van der Waals surface area contributed by atoms with Crippen LogP contribution in [0.4, 0.5) is 5.69 Å². The van der Waals surface area contributed by atoms with E-state index < -0.39 is 16.0 Å². The van der Waals surface area contributed by atoms with Crippen molar-refractivity contribution in [2.75, 3.05) is 4.31 Å². The van der Waals surface area contributed by atoms with Crippen molar-refractivity contribution < 1.29 is 17.9 Å². The normalized spacial score (nSPS) is 15.8. The number of benzene rings is 2. The molecule has 1 aliphatic rings. The largest absolute Gasteiger partial charge is 0.420 e. The topological polar surface area (TPSA) is 76.6 Å². The Hall–Kier alpha value is -2.71. The van der Waals surface area contributed by atoms with E-state index in [4.69, 9.17) is 4.74 Å². The van der Waals surface area contributed by atoms with Crippen LogP contribution in [-0.4, -0.2) is 25.4 Å². The average Bonchev–Trinajstić information content (AvgIpc) is 3.06. The van der Waals surface area contributed by atoms with Crippen molar-refractivity contribution in [3.63, 3.8) is 0 Å². The minimum absolute atomic E-state index is 0.0424. The standard InChI is InChI=1S/C21H17BrN2O4S/c1-14-12-15-6-2-3-9-18(15)24(14)29(26,27)17-8-4-7-16(13-17)21(25)28-19-10-5-11-23-20(19)22/h2-11,13-14H,12H2,1H3. The molecular weight excluding hydrogens is 456 g/mol. The highest BCUT2D eigenvalue weighted by molar-refractivity contribution is 9.10. The van der Waals surface area contributed by atoms with E-state index in [2.05, 4.69) is 20.9 Å². The van der Waals surface area contributed by atoms with Crippen molar-refractivity contribution in [3.8, 4) is 5.75 Å². The summed E-state index contributed by atoms with van der Waals surface area (Å²) in [6.07, 6.45) is 2.20. The summed E-state index contributed by atoms with van der Waals surface area (Å²) in [4.78, 5) is 16.6. The number of rotatable bonds is 4. The number of carbonyl (C=O) groups is 1. The van der Waals surface area contributed by atoms with Crippen LogP contribution in [0.1, 0.15) is 22.8 Å². The zero-order chi connectivity index (χ0) is 20.6. The molecule has 2 aromatic carbocycles. The Balaban J connectivity index is 1.66. The summed E-state index contributed by atoms with van der Waals surface area (Å²) < 4.78 is 33.9. The summed E-state index contributed by atoms with van der Waals surface area (Å²) in [6.45, 7) is 1.87. The zero-order valence-electron chi connectivity index (χ0n) is 15.4. The molecule has 0 bridgehead atoms. The molecule has 1 atom stereocenters. The molecule has 0 radical (unpaired) electrons. The van der Waals surface area contributed by atoms with Gasteiger partial charge in [-0.3, -0.25) is 4.31 Å². The molecule has 0 fully saturated rings. The first-order chi connectivity index (χ1) is 13.9. The molecule has 1 unspecified atom stereocenters. The van der Waals surface area contributed by atoms with Gasteiger partial charge in [0.1, 0.15) is 4.60 Å². The second-order valence-corrected chi connectivity index (χ2v) is 9.26. The highest BCUT2D eigenvalue weighted by atomic mass is 79.9. The van der Waals surface area contributed by atoms with Gasteiger partial charge in [-0.1, -0.05) is 24.3 Å². The fourth-order valence-electron chi connectivity index (χ4n) is 3.41. The highest BCUT2D eigenvalue weighted by Gasteiger charge is 2.36. The Morgan fingerprint density at radius 2 is 1.93 bits per heavy atom. The summed E-state index contributed by atoms with van der Waals surface area (Å²) in [5, 5.41) is 0. The van der Waals surface area contributed by atoms with Crippen molar-refractivity contribution in [2.24, 2.45) is 0 Å². The monoisotopic (exact) mass is 472 g/mol. The minimum Gasteiger partial charge on any atom is -0.420 e. The third-order valence-electron chi connectivity index (χ3n) is 4.70. The summed E-state index contributed by atoms with van der Waals surface area (Å²) in [7, 11) is -3.83. The van der Waals surface area contributed by atoms with Gasteiger partial charge in [0.15, 0.2) is 5.75 Å². The smallest absolute Gasteiger partial charge is 0.343 e. The Kier molecular flexibility index (Phi) is 5.14. The second-order valence-electron chi connectivity index (χ2n) is 6.69. The van der Waals surface area contributed by atoms with Crippen molar-refractivity contribution >= 4 is 37.6 Å². The van der Waals surface area contributed by atoms with E-state index in [9.17, 15) is 13.2 Å². The molecule has 0 saturated heterocycles. The Bertz CT molecular complexity index is 1200. The second kappa shape index (κ2) is 7.61. The number of halogens is 1. The van der Waals surface area contributed by atoms with Gasteiger partial charge < -0.3 is 4.74 Å². The lowest BCUT2D eigenvalue weighted by Gasteiger charge is -2.24. The van der Waals surface area contributed by atoms with Crippen LogP contribution in [-0.2, 0) is 16.4 Å². The van der Waals surface area contributed by atoms with E-state index in [0.29, 0.717) is 16.7 Å². The van der Waals surface area contributed by atoms with E-state index >= 15 is 0 Å². The number of pyridine rings is 1. The van der Waals surface area contributed by atoms with Crippen LogP contribution in [0.2, 0.25) is 0 Å². The van der Waals surface area contributed by atoms with Crippen molar-refractivity contribution in [3.05, 3.63) is 82.6 Å². The van der Waals surface area contributed by atoms with E-state index in [1.165, 1.54) is 28.6 Å². The number of hydrogen-bond acceptors (Lipinski definition) is 5. The van der Waals surface area contributed by atoms with Crippen LogP contribution in [0.25, 0.3) is 0 Å². The average molecular weight is 473 g/mol. The molecule has 8 heteroatoms. The molecule has 148 valence electrons. The van der Waals surface area contributed by atoms with Gasteiger partial charge in [0, 0.05) is 12.2 Å². The van der Waals surface area contributed by atoms with Crippen molar-refractivity contribution in [2.45, 2.75) is 24.3 Å². The third kappa shape index (κ3) is 3.65. The van der Waals surface area contributed by atoms with Crippen LogP contribution in [0.3, 0.4) is 0 Å². The number of fused-ring (bicyclic) bond motifs is 1. The SMILES string of the molecule is CC1Cc2ccccc2N1S(=O)(=O)c1cccc(C(=O)Oc2cccnc2Br)c1. The molecule has 0 N–H and O–H groups in total. The highest BCUT2D eigenvalue weighted by Crippen LogP contribution is 2.36. The van der Waals surface area contributed by atoms with Gasteiger partial charge in [-0.2, -0.15) is 0 Å². The number of esters is 1. The van der Waals surface area contributed by atoms with Gasteiger partial charge in [-0.05, 0) is 71.2 Å². The lowest BCUT2D eigenvalue weighted by Crippen LogP contribution is -2.35. The molecule has 0 spiro atoms. The third-order valence-corrected chi connectivity index (χ3v) is 7.22. The predicted molar refractivity (Wildman–Crippen MR) is 113 cm³/mol. The van der Waals surface area contributed by atoms with Gasteiger partial charge in [0.05, 0.1) is 16.1 Å². The Labute approximate surface area is 177 Å². The van der Waals surface area contributed by atoms with Gasteiger partial charge in [-0.15, -0.1) is 0 Å². The minimum atomic E-state index is -3.83. The number of carbonyl (C=O) groups excluding carboxylic acids is 1. The maximum Gasteiger partial charge on any atom is 0.343 e. The summed E-state index contributed by atoms with van der Waals surface area (Å²) >= 11 is 3.22. The lowest BCUT2D eigenvalue weighted by atomic mass is 10.1. The van der Waals surface area contributed by atoms with E-state index in [1.54, 1.807) is 24.4 Å². The molecule has 2 heterocycles. The van der Waals surface area contributed by atoms with Crippen LogP contribution < -0.4 is 9.04 Å². The number of nitrogens with zero attached hydrogens (tertiary/aromatic N) is 2. The summed E-state index contributed by atoms with van der Waals surface area (Å²) in [6, 6.07) is 16.4. The molecule has 1 aromatic heterocycles. The van der Waals surface area contributed by atoms with E-state index in [1.807, 2.05) is 25.1 Å². The van der Waals surface area contributed by atoms with Gasteiger partial charge in [-0.25, -0.2) is 18.2 Å². The van der Waals surface area contributed by atoms with Gasteiger partial charge in [0.2, 0.25) is 0 Å². The van der Waals surface area contributed by atoms with Gasteiger partial charge in [0.25, 0.3) is 10.0 Å². The zero-order valence-corrected chi connectivity index (χ0v) is 17.9. The molecule has 29 heavy (non-hydrogen) atoms. The number of hydrogen-bond donors (Lipinski definition) is 0. The molecule has 0 saturated carbocycles. The molecular formula is C21H17BrN2O4S. The number of sulfonamides is 1. The van der Waals surface area contributed by atoms with Gasteiger partial charge >= 0.3 is 5.97 Å². The molecule has 0 aliphatic carbocycles. The maximum absolute atomic E-state index is 13.4. The molecule has 0 amide bonds. The Morgan fingerprint density at radius 3 is 2.72 bits per heavy atom. The van der Waals surface area contributed by atoms with E-state index in [-0.39, 0.29) is 22.3 Å². The molecule has 4 rings (SSSR count). The summed E-state index contributed by atoms with van der Waals surface area (Å²) in [5.74, 6) is -0.404. The first-order valence-electron chi connectivity index (χ1n) is 8.93. The Morgan fingerprint density at radius 1 is 1.14 bits per heavy atom. The van der Waals surface area contributed by atoms with Crippen LogP contribution in [0, 0.1) is 0 Å². The van der Waals surface area contributed by atoms with Crippen molar-refractivity contribution in [1.29, 1.82) is 0 Å². The first kappa shape index (κ1) is 19.6. The first-order valence-corrected chi connectivity index (χ1v) is 11.2. The van der Waals surface area contributed by atoms with Crippen LogP contribution in [0.5, 0.6) is 5.75 Å². The molecule has 1 aliphatic heterocycles. The number of anilines is 1. The van der Waals surface area contributed by atoms with Crippen molar-refractivity contribution in [1.82, 2.24) is 4.98 Å². The molecule has 6 nitrogen and oxygen atoms in total. The maximum atomic E-state index is 13.4. The van der Waals surface area contributed by atoms with E-state index in [0.717, 1.165) is 5.56 Å². The van der Waals surface area contributed by atoms with Crippen LogP contribution in [0.15, 0.2) is 76.4 Å². The fourth-order valence-corrected chi connectivity index (χ4v) is 5.48.